The van der Waals surface area contributed by atoms with Gasteiger partial charge in [-0.1, -0.05) is 39.7 Å². The van der Waals surface area contributed by atoms with Gasteiger partial charge in [0, 0.05) is 28.5 Å². The second-order valence-corrected chi connectivity index (χ2v) is 7.84. The maximum absolute atomic E-state index is 5.97. The van der Waals surface area contributed by atoms with Gasteiger partial charge < -0.3 is 10.2 Å². The summed E-state index contributed by atoms with van der Waals surface area (Å²) < 4.78 is 1.99. The zero-order valence-corrected chi connectivity index (χ0v) is 15.4. The van der Waals surface area contributed by atoms with Gasteiger partial charge in [-0.15, -0.1) is 11.3 Å². The third kappa shape index (κ3) is 5.38. The fourth-order valence-electron chi connectivity index (χ4n) is 2.33. The van der Waals surface area contributed by atoms with E-state index >= 15 is 0 Å². The van der Waals surface area contributed by atoms with Crippen molar-refractivity contribution in [2.24, 2.45) is 0 Å². The topological polar surface area (TPSA) is 15.3 Å². The molecule has 114 valence electrons. The molecule has 1 heterocycles. The van der Waals surface area contributed by atoms with Crippen LogP contribution in [0, 0.1) is 0 Å². The molecule has 0 bridgehead atoms. The van der Waals surface area contributed by atoms with Gasteiger partial charge in [-0.05, 0) is 50.3 Å². The minimum Gasteiger partial charge on any atom is -0.313 e. The van der Waals surface area contributed by atoms with Crippen LogP contribution in [0.3, 0.4) is 0 Å². The second-order valence-electron chi connectivity index (χ2n) is 5.13. The SMILES string of the molecule is CNC(CCN(C)Cc1ccc(Cl)s1)c1cccc(Br)c1. The number of benzene rings is 1. The first-order valence-corrected chi connectivity index (χ1v) is 8.92. The standard InChI is InChI=1S/C16H20BrClN2S/c1-19-15(12-4-3-5-13(17)10-12)8-9-20(2)11-14-6-7-16(18)21-14/h3-7,10,15,19H,8-9,11H2,1-2H3. The molecule has 2 nitrogen and oxygen atoms in total. The summed E-state index contributed by atoms with van der Waals surface area (Å²) in [7, 11) is 4.17. The van der Waals surface area contributed by atoms with E-state index < -0.39 is 0 Å². The molecule has 2 rings (SSSR count). The Morgan fingerprint density at radius 1 is 1.33 bits per heavy atom. The summed E-state index contributed by atoms with van der Waals surface area (Å²) in [6.45, 7) is 1.99. The van der Waals surface area contributed by atoms with Crippen LogP contribution in [0.1, 0.15) is 22.9 Å². The highest BCUT2D eigenvalue weighted by atomic mass is 79.9. The lowest BCUT2D eigenvalue weighted by atomic mass is 10.0. The van der Waals surface area contributed by atoms with E-state index in [1.54, 1.807) is 11.3 Å². The van der Waals surface area contributed by atoms with E-state index in [1.165, 1.54) is 10.4 Å². The largest absolute Gasteiger partial charge is 0.313 e. The minimum absolute atomic E-state index is 0.372. The molecule has 2 aromatic rings. The summed E-state index contributed by atoms with van der Waals surface area (Å²) in [5.41, 5.74) is 1.32. The van der Waals surface area contributed by atoms with Gasteiger partial charge in [-0.3, -0.25) is 0 Å². The monoisotopic (exact) mass is 386 g/mol. The maximum atomic E-state index is 5.97. The summed E-state index contributed by atoms with van der Waals surface area (Å²) in [5, 5.41) is 3.40. The Bertz CT molecular complexity index is 573. The number of hydrogen-bond donors (Lipinski definition) is 1. The van der Waals surface area contributed by atoms with Crippen LogP contribution >= 0.6 is 38.9 Å². The van der Waals surface area contributed by atoms with Crippen molar-refractivity contribution in [2.45, 2.75) is 19.0 Å². The normalized spacial score (nSPS) is 12.8. The quantitative estimate of drug-likeness (QED) is 0.723. The van der Waals surface area contributed by atoms with Gasteiger partial charge in [0.2, 0.25) is 0 Å². The molecular formula is C16H20BrClN2S. The van der Waals surface area contributed by atoms with Crippen LogP contribution in [-0.2, 0) is 6.54 Å². The number of hydrogen-bond acceptors (Lipinski definition) is 3. The van der Waals surface area contributed by atoms with E-state index in [1.807, 2.05) is 13.1 Å². The summed E-state index contributed by atoms with van der Waals surface area (Å²) in [4.78, 5) is 3.65. The molecule has 0 fully saturated rings. The van der Waals surface area contributed by atoms with Crippen LogP contribution < -0.4 is 5.32 Å². The van der Waals surface area contributed by atoms with Crippen LogP contribution in [0.15, 0.2) is 40.9 Å². The van der Waals surface area contributed by atoms with Gasteiger partial charge in [-0.2, -0.15) is 0 Å². The number of nitrogens with zero attached hydrogens (tertiary/aromatic N) is 1. The lowest BCUT2D eigenvalue weighted by Gasteiger charge is -2.21. The Morgan fingerprint density at radius 3 is 2.76 bits per heavy atom. The van der Waals surface area contributed by atoms with Gasteiger partial charge in [0.15, 0.2) is 0 Å². The third-order valence-electron chi connectivity index (χ3n) is 3.45. The molecule has 1 aromatic heterocycles. The molecule has 5 heteroatoms. The van der Waals surface area contributed by atoms with Crippen molar-refractivity contribution >= 4 is 38.9 Å². The number of rotatable bonds is 7. The molecular weight excluding hydrogens is 368 g/mol. The van der Waals surface area contributed by atoms with Crippen LogP contribution in [0.5, 0.6) is 0 Å². The van der Waals surface area contributed by atoms with Crippen molar-refractivity contribution in [1.29, 1.82) is 0 Å². The van der Waals surface area contributed by atoms with Crippen molar-refractivity contribution in [3.05, 3.63) is 55.6 Å². The molecule has 21 heavy (non-hydrogen) atoms. The molecule has 0 spiro atoms. The van der Waals surface area contributed by atoms with Gasteiger partial charge >= 0.3 is 0 Å². The fraction of sp³-hybridized carbons (Fsp3) is 0.375. The minimum atomic E-state index is 0.372. The summed E-state index contributed by atoms with van der Waals surface area (Å²) in [5.74, 6) is 0. The highest BCUT2D eigenvalue weighted by Crippen LogP contribution is 2.24. The number of nitrogens with one attached hydrogen (secondary N) is 1. The van der Waals surface area contributed by atoms with E-state index in [0.29, 0.717) is 6.04 Å². The smallest absolute Gasteiger partial charge is 0.0931 e. The van der Waals surface area contributed by atoms with E-state index in [0.717, 1.165) is 28.3 Å². The molecule has 0 radical (unpaired) electrons. The fourth-order valence-corrected chi connectivity index (χ4v) is 3.92. The predicted molar refractivity (Wildman–Crippen MR) is 96.2 cm³/mol. The Kier molecular flexibility index (Phi) is 6.71. The highest BCUT2D eigenvalue weighted by Gasteiger charge is 2.11. The van der Waals surface area contributed by atoms with E-state index in [4.69, 9.17) is 11.6 Å². The van der Waals surface area contributed by atoms with Crippen molar-refractivity contribution in [3.63, 3.8) is 0 Å². The molecule has 0 amide bonds. The first-order chi connectivity index (χ1) is 10.1. The molecule has 1 unspecified atom stereocenters. The second kappa shape index (κ2) is 8.30. The lowest BCUT2D eigenvalue weighted by molar-refractivity contribution is 0.306. The van der Waals surface area contributed by atoms with Crippen molar-refractivity contribution in [2.75, 3.05) is 20.6 Å². The average molecular weight is 388 g/mol. The average Bonchev–Trinajstić information content (AvgIpc) is 2.85. The Balaban J connectivity index is 1.87. The molecule has 1 N–H and O–H groups in total. The Labute approximate surface area is 144 Å². The zero-order valence-electron chi connectivity index (χ0n) is 12.3. The van der Waals surface area contributed by atoms with Gasteiger partial charge in [0.1, 0.15) is 0 Å². The van der Waals surface area contributed by atoms with Crippen LogP contribution in [0.25, 0.3) is 0 Å². The summed E-state index contributed by atoms with van der Waals surface area (Å²) >= 11 is 11.2. The van der Waals surface area contributed by atoms with E-state index in [-0.39, 0.29) is 0 Å². The van der Waals surface area contributed by atoms with Crippen molar-refractivity contribution in [1.82, 2.24) is 10.2 Å². The van der Waals surface area contributed by atoms with Gasteiger partial charge in [0.25, 0.3) is 0 Å². The molecule has 0 saturated heterocycles. The molecule has 1 aromatic carbocycles. The number of thiophene rings is 1. The first-order valence-electron chi connectivity index (χ1n) is 6.94. The van der Waals surface area contributed by atoms with Crippen LogP contribution in [0.4, 0.5) is 0 Å². The van der Waals surface area contributed by atoms with Crippen LogP contribution in [0.2, 0.25) is 4.34 Å². The predicted octanol–water partition coefficient (Wildman–Crippen LogP) is 4.95. The molecule has 0 aliphatic heterocycles. The zero-order chi connectivity index (χ0) is 15.2. The third-order valence-corrected chi connectivity index (χ3v) is 5.16. The molecule has 0 aliphatic carbocycles. The lowest BCUT2D eigenvalue weighted by Crippen LogP contribution is -2.25. The molecule has 0 aliphatic rings. The van der Waals surface area contributed by atoms with Crippen LogP contribution in [-0.4, -0.2) is 25.5 Å². The number of halogens is 2. The Hall–Kier alpha value is -0.390. The Morgan fingerprint density at radius 2 is 2.14 bits per heavy atom. The van der Waals surface area contributed by atoms with Gasteiger partial charge in [-0.25, -0.2) is 0 Å². The van der Waals surface area contributed by atoms with Crippen molar-refractivity contribution in [3.8, 4) is 0 Å². The summed E-state index contributed by atoms with van der Waals surface area (Å²) in [6.07, 6.45) is 1.07. The maximum Gasteiger partial charge on any atom is 0.0931 e. The van der Waals surface area contributed by atoms with E-state index in [2.05, 4.69) is 63.5 Å². The summed E-state index contributed by atoms with van der Waals surface area (Å²) in [6, 6.07) is 12.9. The highest BCUT2D eigenvalue weighted by molar-refractivity contribution is 9.10. The molecule has 0 saturated carbocycles. The first kappa shape index (κ1) is 17.0. The molecule has 1 atom stereocenters. The van der Waals surface area contributed by atoms with Gasteiger partial charge in [0.05, 0.1) is 4.34 Å². The van der Waals surface area contributed by atoms with Crippen molar-refractivity contribution < 1.29 is 0 Å². The van der Waals surface area contributed by atoms with E-state index in [9.17, 15) is 0 Å².